The van der Waals surface area contributed by atoms with Gasteiger partial charge in [0.2, 0.25) is 0 Å². The topological polar surface area (TPSA) is 26.3 Å². The third-order valence-electron chi connectivity index (χ3n) is 5.32. The second-order valence-electron chi connectivity index (χ2n) is 6.85. The van der Waals surface area contributed by atoms with Crippen molar-refractivity contribution >= 4 is 23.6 Å². The number of hydrogen-bond donors (Lipinski definition) is 0. The monoisotopic (exact) mass is 370 g/mol. The van der Waals surface area contributed by atoms with Crippen molar-refractivity contribution in [2.45, 2.75) is 6.42 Å². The van der Waals surface area contributed by atoms with E-state index in [4.69, 9.17) is 4.52 Å². The first kappa shape index (κ1) is 16.5. The molecule has 0 fully saturated rings. The molecule has 0 radical (unpaired) electrons. The van der Waals surface area contributed by atoms with Gasteiger partial charge in [-0.15, -0.1) is 0 Å². The highest BCUT2D eigenvalue weighted by molar-refractivity contribution is 7.77. The predicted molar refractivity (Wildman–Crippen MR) is 111 cm³/mol. The minimum atomic E-state index is -3.11. The van der Waals surface area contributed by atoms with Crippen LogP contribution in [0.3, 0.4) is 0 Å². The second kappa shape index (κ2) is 6.49. The molecule has 3 heteroatoms. The van der Waals surface area contributed by atoms with Gasteiger partial charge in [-0.2, -0.15) is 0 Å². The molecule has 0 spiro atoms. The molecule has 0 N–H and O–H groups in total. The molecule has 2 aliphatic rings. The lowest BCUT2D eigenvalue weighted by Gasteiger charge is -2.38. The van der Waals surface area contributed by atoms with Crippen LogP contribution >= 0.6 is 7.37 Å². The van der Waals surface area contributed by atoms with E-state index in [1.165, 1.54) is 22.3 Å². The summed E-state index contributed by atoms with van der Waals surface area (Å²) in [6, 6.07) is 30.1. The maximum absolute atomic E-state index is 14.1. The van der Waals surface area contributed by atoms with E-state index in [9.17, 15) is 4.57 Å². The van der Waals surface area contributed by atoms with Gasteiger partial charge in [-0.1, -0.05) is 78.9 Å². The maximum atomic E-state index is 14.1. The van der Waals surface area contributed by atoms with Crippen molar-refractivity contribution in [2.24, 2.45) is 0 Å². The molecule has 0 saturated heterocycles. The highest BCUT2D eigenvalue weighted by Crippen LogP contribution is 2.66. The average Bonchev–Trinajstić information content (AvgIpc) is 2.72. The zero-order valence-corrected chi connectivity index (χ0v) is 15.7. The molecule has 1 aliphatic heterocycles. The van der Waals surface area contributed by atoms with Gasteiger partial charge in [-0.05, 0) is 46.4 Å². The number of hydrogen-bond acceptors (Lipinski definition) is 2. The fourth-order valence-corrected chi connectivity index (χ4v) is 6.42. The SMILES string of the molecule is O=[P@]1(c2ccccc2)OCC2=C(c3ccccc3)CC2=C1c1ccccc1. The van der Waals surface area contributed by atoms with Gasteiger partial charge in [-0.25, -0.2) is 0 Å². The van der Waals surface area contributed by atoms with Crippen LogP contribution in [0.25, 0.3) is 10.9 Å². The molecule has 0 aromatic heterocycles. The van der Waals surface area contributed by atoms with Crippen molar-refractivity contribution in [1.29, 1.82) is 0 Å². The summed E-state index contributed by atoms with van der Waals surface area (Å²) in [6.07, 6.45) is 0.837. The largest absolute Gasteiger partial charge is 0.317 e. The van der Waals surface area contributed by atoms with Gasteiger partial charge < -0.3 is 4.52 Å². The first-order chi connectivity index (χ1) is 13.3. The number of benzene rings is 3. The van der Waals surface area contributed by atoms with Gasteiger partial charge in [0, 0.05) is 5.30 Å². The third kappa shape index (κ3) is 2.65. The molecular formula is C24H19O2P. The van der Waals surface area contributed by atoms with Crippen molar-refractivity contribution in [3.63, 3.8) is 0 Å². The third-order valence-corrected chi connectivity index (χ3v) is 7.91. The lowest BCUT2D eigenvalue weighted by atomic mass is 9.78. The van der Waals surface area contributed by atoms with Crippen LogP contribution < -0.4 is 5.30 Å². The van der Waals surface area contributed by atoms with Crippen molar-refractivity contribution in [2.75, 3.05) is 6.61 Å². The molecule has 1 atom stereocenters. The predicted octanol–water partition coefficient (Wildman–Crippen LogP) is 5.89. The van der Waals surface area contributed by atoms with E-state index in [0.717, 1.165) is 22.6 Å². The minimum absolute atomic E-state index is 0.405. The van der Waals surface area contributed by atoms with E-state index in [2.05, 4.69) is 24.3 Å². The van der Waals surface area contributed by atoms with Crippen molar-refractivity contribution in [1.82, 2.24) is 0 Å². The van der Waals surface area contributed by atoms with Crippen LogP contribution in [-0.4, -0.2) is 6.61 Å². The minimum Gasteiger partial charge on any atom is -0.317 e. The number of fused-ring (bicyclic) bond motifs is 1. The van der Waals surface area contributed by atoms with E-state index >= 15 is 0 Å². The van der Waals surface area contributed by atoms with Gasteiger partial charge >= 0.3 is 0 Å². The molecule has 3 aromatic rings. The highest BCUT2D eigenvalue weighted by Gasteiger charge is 2.43. The van der Waals surface area contributed by atoms with Crippen LogP contribution in [0.4, 0.5) is 0 Å². The Hall–Kier alpha value is -2.67. The first-order valence-electron chi connectivity index (χ1n) is 9.14. The molecular weight excluding hydrogens is 351 g/mol. The van der Waals surface area contributed by atoms with Crippen molar-refractivity contribution in [3.8, 4) is 0 Å². The Morgan fingerprint density at radius 1 is 0.630 bits per heavy atom. The lowest BCUT2D eigenvalue weighted by molar-refractivity contribution is 0.354. The molecule has 1 heterocycles. The fraction of sp³-hybridized carbons (Fsp3) is 0.0833. The molecule has 132 valence electrons. The van der Waals surface area contributed by atoms with Gasteiger partial charge in [0.25, 0.3) is 7.37 Å². The van der Waals surface area contributed by atoms with Crippen LogP contribution in [0.1, 0.15) is 17.5 Å². The summed E-state index contributed by atoms with van der Waals surface area (Å²) in [5.74, 6) is 0. The summed E-state index contributed by atoms with van der Waals surface area (Å²) in [6.45, 7) is 0.405. The standard InChI is InChI=1S/C24H19O2P/c25-27(20-14-8-3-9-15-20)24(19-12-6-2-7-13-19)22-16-21(23(22)17-26-27)18-10-4-1-5-11-18/h1-15H,16-17H2/t27-/m1/s1. The van der Waals surface area contributed by atoms with Crippen molar-refractivity contribution < 1.29 is 9.09 Å². The van der Waals surface area contributed by atoms with E-state index in [-0.39, 0.29) is 0 Å². The second-order valence-corrected chi connectivity index (χ2v) is 9.18. The van der Waals surface area contributed by atoms with Gasteiger partial charge in [0.1, 0.15) is 0 Å². The van der Waals surface area contributed by atoms with E-state index < -0.39 is 7.37 Å². The Balaban J connectivity index is 1.72. The summed E-state index contributed by atoms with van der Waals surface area (Å²) in [4.78, 5) is 0. The molecule has 0 amide bonds. The Morgan fingerprint density at radius 2 is 1.19 bits per heavy atom. The Morgan fingerprint density at radius 3 is 1.81 bits per heavy atom. The lowest BCUT2D eigenvalue weighted by Crippen LogP contribution is -2.23. The molecule has 0 bridgehead atoms. The smallest absolute Gasteiger partial charge is 0.262 e. The van der Waals surface area contributed by atoms with Crippen LogP contribution in [-0.2, 0) is 9.09 Å². The quantitative estimate of drug-likeness (QED) is 0.538. The zero-order chi connectivity index (χ0) is 18.3. The maximum Gasteiger partial charge on any atom is 0.262 e. The Bertz CT molecular complexity index is 1100. The van der Waals surface area contributed by atoms with Gasteiger partial charge in [-0.3, -0.25) is 4.57 Å². The van der Waals surface area contributed by atoms with Crippen molar-refractivity contribution in [3.05, 3.63) is 113 Å². The van der Waals surface area contributed by atoms with Crippen LogP contribution in [0.5, 0.6) is 0 Å². The number of allylic oxidation sites excluding steroid dienone is 1. The van der Waals surface area contributed by atoms with E-state index in [0.29, 0.717) is 6.61 Å². The van der Waals surface area contributed by atoms with E-state index in [1.54, 1.807) is 0 Å². The fourth-order valence-electron chi connectivity index (χ4n) is 3.95. The summed E-state index contributed by atoms with van der Waals surface area (Å²) in [7, 11) is -3.11. The summed E-state index contributed by atoms with van der Waals surface area (Å²) >= 11 is 0. The Labute approximate surface area is 159 Å². The van der Waals surface area contributed by atoms with Crippen LogP contribution in [0, 0.1) is 0 Å². The normalized spacial score (nSPS) is 21.6. The molecule has 5 rings (SSSR count). The van der Waals surface area contributed by atoms with Crippen LogP contribution in [0.15, 0.2) is 102 Å². The first-order valence-corrected chi connectivity index (χ1v) is 10.8. The molecule has 27 heavy (non-hydrogen) atoms. The molecule has 0 saturated carbocycles. The molecule has 2 nitrogen and oxygen atoms in total. The number of rotatable bonds is 3. The summed E-state index contributed by atoms with van der Waals surface area (Å²) in [5, 5.41) is 1.64. The summed E-state index contributed by atoms with van der Waals surface area (Å²) in [5.41, 5.74) is 5.91. The average molecular weight is 370 g/mol. The highest BCUT2D eigenvalue weighted by atomic mass is 31.2. The molecule has 0 unspecified atom stereocenters. The zero-order valence-electron chi connectivity index (χ0n) is 14.8. The molecule has 1 aliphatic carbocycles. The van der Waals surface area contributed by atoms with E-state index in [1.807, 2.05) is 66.7 Å². The summed E-state index contributed by atoms with van der Waals surface area (Å²) < 4.78 is 20.2. The van der Waals surface area contributed by atoms with Crippen LogP contribution in [0.2, 0.25) is 0 Å². The van der Waals surface area contributed by atoms with Gasteiger partial charge in [0.05, 0.1) is 11.9 Å². The Kier molecular flexibility index (Phi) is 3.97. The molecule has 3 aromatic carbocycles. The van der Waals surface area contributed by atoms with Gasteiger partial charge in [0.15, 0.2) is 0 Å².